The first-order valence-corrected chi connectivity index (χ1v) is 27.3. The van der Waals surface area contributed by atoms with Crippen LogP contribution in [0.1, 0.15) is 110 Å². The van der Waals surface area contributed by atoms with Crippen LogP contribution in [-0.2, 0) is 61.1 Å². The van der Waals surface area contributed by atoms with Gasteiger partial charge in [0.2, 0.25) is 0 Å². The number of ether oxygens (including phenoxy) is 1. The molecule has 6 aromatic rings. The van der Waals surface area contributed by atoms with E-state index in [1.807, 2.05) is 24.4 Å². The molecule has 1 amide bonds. The van der Waals surface area contributed by atoms with Crippen molar-refractivity contribution >= 4 is 37.3 Å². The number of halogens is 2. The molecule has 1 aliphatic heterocycles. The van der Waals surface area contributed by atoms with E-state index in [0.717, 1.165) is 46.4 Å². The fourth-order valence-corrected chi connectivity index (χ4v) is 10.7. The first-order valence-electron chi connectivity index (χ1n) is 23.6. The summed E-state index contributed by atoms with van der Waals surface area (Å²) in [5, 5.41) is 2.91. The number of nitrogens with zero attached hydrogens (tertiary/aromatic N) is 3. The van der Waals surface area contributed by atoms with Crippen molar-refractivity contribution in [2.45, 2.75) is 88.5 Å². The number of pyridine rings is 2. The van der Waals surface area contributed by atoms with Gasteiger partial charge in [-0.25, -0.2) is 30.4 Å². The maximum absolute atomic E-state index is 13.7. The van der Waals surface area contributed by atoms with E-state index in [-0.39, 0.29) is 51.1 Å². The second-order valence-corrected chi connectivity index (χ2v) is 24.5. The number of alkyl carbamates (subject to hydrolysis) is 1. The number of hydrogen-bond acceptors (Lipinski definition) is 10. The highest BCUT2D eigenvalue weighted by Gasteiger charge is 2.50. The minimum atomic E-state index is -3.39. The normalized spacial score (nSPS) is 15.2. The Balaban J connectivity index is 0.000000197. The standard InChI is InChI=1S/C30H33FN2O6S.C25H23FN2O3S/c1-6-40(37,38)18-19-7-12-22(27(35)20-8-10-21(31)11-9-20)23(15-19)24-17-33(5)26(34)16-25(24)30(13-14-30)32-28(36)39-29(2,3)4;1-3-32(30,31)15-16-4-9-19-20(12-16)21-14-28(2)23(29)13-22(21)25(10-11-25)27-24(19)17-5-7-18(26)8-6-17/h7-12,15-17H,6,13-14,18H2,1-5H3,(H,32,36);4-9,12-14H,3,10-11,15H2,1-2H3. The van der Waals surface area contributed by atoms with Crippen molar-refractivity contribution in [3.63, 3.8) is 0 Å². The van der Waals surface area contributed by atoms with Gasteiger partial charge in [0.1, 0.15) is 17.2 Å². The molecule has 2 aromatic heterocycles. The fraction of sp³-hybridized carbons (Fsp3) is 0.327. The molecule has 0 radical (unpaired) electrons. The van der Waals surface area contributed by atoms with Gasteiger partial charge in [-0.1, -0.05) is 38.1 Å². The second-order valence-electron chi connectivity index (χ2n) is 19.8. The summed E-state index contributed by atoms with van der Waals surface area (Å²) >= 11 is 0. The van der Waals surface area contributed by atoms with E-state index in [4.69, 9.17) is 9.73 Å². The number of aliphatic imine (C=N–C) groups is 1. The average molecular weight is 1020 g/mol. The molecule has 3 aliphatic rings. The van der Waals surface area contributed by atoms with E-state index in [9.17, 15) is 44.8 Å². The summed E-state index contributed by atoms with van der Waals surface area (Å²) in [6, 6.07) is 24.8. The van der Waals surface area contributed by atoms with Gasteiger partial charge >= 0.3 is 6.09 Å². The summed E-state index contributed by atoms with van der Waals surface area (Å²) in [5.41, 5.74) is 5.48. The number of amides is 1. The molecule has 2 saturated carbocycles. The molecule has 9 rings (SSSR count). The van der Waals surface area contributed by atoms with Crippen molar-refractivity contribution < 1.29 is 39.9 Å². The van der Waals surface area contributed by atoms with E-state index < -0.39 is 54.0 Å². The molecule has 0 atom stereocenters. The number of rotatable bonds is 12. The second kappa shape index (κ2) is 19.3. The Kier molecular flexibility index (Phi) is 13.8. The number of sulfone groups is 2. The number of carbonyl (C=O) groups is 2. The maximum atomic E-state index is 13.7. The van der Waals surface area contributed by atoms with Crippen LogP contribution < -0.4 is 16.4 Å². The highest BCUT2D eigenvalue weighted by atomic mass is 32.2. The van der Waals surface area contributed by atoms with Gasteiger partial charge in [0.05, 0.1) is 28.3 Å². The van der Waals surface area contributed by atoms with Crippen molar-refractivity contribution in [1.82, 2.24) is 14.5 Å². The van der Waals surface area contributed by atoms with Crippen LogP contribution in [0.15, 0.2) is 124 Å². The SMILES string of the molecule is CCS(=O)(=O)Cc1ccc(C(=O)c2ccc(F)cc2)c(-c2cn(C)c(=O)cc2C2(NC(=O)OC(C)(C)C)CC2)c1.CCS(=O)(=O)Cc1ccc2c(c1)-c1cn(C)c(=O)cc1C1(CC1)N=C2c1ccc(F)cc1. The molecule has 13 nitrogen and oxygen atoms in total. The molecule has 376 valence electrons. The van der Waals surface area contributed by atoms with E-state index in [0.29, 0.717) is 40.7 Å². The van der Waals surface area contributed by atoms with Gasteiger partial charge in [-0.05, 0) is 140 Å². The monoisotopic (exact) mass is 1020 g/mol. The zero-order valence-corrected chi connectivity index (χ0v) is 42.8. The Morgan fingerprint density at radius 2 is 1.15 bits per heavy atom. The molecule has 17 heteroatoms. The number of aromatic nitrogens is 2. The lowest BCUT2D eigenvalue weighted by Crippen LogP contribution is -2.40. The van der Waals surface area contributed by atoms with Crippen molar-refractivity contribution in [2.75, 3.05) is 11.5 Å². The molecular weight excluding hydrogens is 963 g/mol. The molecular formula is C55H56F2N4O9S2. The summed E-state index contributed by atoms with van der Waals surface area (Å²) in [5.74, 6) is -1.47. The smallest absolute Gasteiger partial charge is 0.408 e. The molecule has 1 spiro atoms. The number of ketones is 1. The van der Waals surface area contributed by atoms with Crippen molar-refractivity contribution in [3.05, 3.63) is 186 Å². The van der Waals surface area contributed by atoms with E-state index in [1.54, 1.807) is 91.3 Å². The summed E-state index contributed by atoms with van der Waals surface area (Å²) in [6.07, 6.45) is 5.49. The lowest BCUT2D eigenvalue weighted by atomic mass is 9.88. The molecule has 4 aromatic carbocycles. The van der Waals surface area contributed by atoms with Gasteiger partial charge in [0, 0.05) is 83.5 Å². The number of hydrogen-bond donors (Lipinski definition) is 1. The fourth-order valence-electron chi connectivity index (χ4n) is 8.90. The molecule has 0 unspecified atom stereocenters. The van der Waals surface area contributed by atoms with Crippen molar-refractivity contribution in [2.24, 2.45) is 19.1 Å². The number of carbonyl (C=O) groups excluding carboxylic acids is 2. The quantitative estimate of drug-likeness (QED) is 0.117. The van der Waals surface area contributed by atoms with E-state index in [2.05, 4.69) is 5.32 Å². The van der Waals surface area contributed by atoms with Crippen LogP contribution >= 0.6 is 0 Å². The van der Waals surface area contributed by atoms with E-state index in [1.165, 1.54) is 51.6 Å². The zero-order valence-electron chi connectivity index (χ0n) is 41.1. The Bertz CT molecular complexity index is 3530. The minimum Gasteiger partial charge on any atom is -0.444 e. The van der Waals surface area contributed by atoms with Crippen LogP contribution in [0, 0.1) is 11.6 Å². The summed E-state index contributed by atoms with van der Waals surface area (Å²) in [6.45, 7) is 8.45. The van der Waals surface area contributed by atoms with Crippen LogP contribution in [0.5, 0.6) is 0 Å². The van der Waals surface area contributed by atoms with Crippen LogP contribution in [0.4, 0.5) is 13.6 Å². The topological polar surface area (TPSA) is 180 Å². The Morgan fingerprint density at radius 3 is 1.67 bits per heavy atom. The van der Waals surface area contributed by atoms with Crippen molar-refractivity contribution in [1.29, 1.82) is 0 Å². The predicted molar refractivity (Wildman–Crippen MR) is 274 cm³/mol. The molecule has 1 N–H and O–H groups in total. The van der Waals surface area contributed by atoms with Gasteiger partial charge in [-0.3, -0.25) is 19.4 Å². The highest BCUT2D eigenvalue weighted by molar-refractivity contribution is 7.90. The van der Waals surface area contributed by atoms with Gasteiger partial charge in [0.25, 0.3) is 11.1 Å². The predicted octanol–water partition coefficient (Wildman–Crippen LogP) is 8.84. The van der Waals surface area contributed by atoms with Crippen molar-refractivity contribution in [3.8, 4) is 22.3 Å². The van der Waals surface area contributed by atoms with Gasteiger partial charge < -0.3 is 19.2 Å². The Morgan fingerprint density at radius 1 is 0.653 bits per heavy atom. The highest BCUT2D eigenvalue weighted by Crippen LogP contribution is 2.55. The summed E-state index contributed by atoms with van der Waals surface area (Å²) in [7, 11) is -3.32. The van der Waals surface area contributed by atoms with Gasteiger partial charge in [-0.2, -0.15) is 0 Å². The Labute approximate surface area is 417 Å². The largest absolute Gasteiger partial charge is 0.444 e. The number of nitrogens with one attached hydrogen (secondary N) is 1. The molecule has 72 heavy (non-hydrogen) atoms. The lowest BCUT2D eigenvalue weighted by Gasteiger charge is -2.26. The third-order valence-electron chi connectivity index (χ3n) is 13.1. The first-order chi connectivity index (χ1) is 33.8. The molecule has 3 heterocycles. The third-order valence-corrected chi connectivity index (χ3v) is 16.4. The van der Waals surface area contributed by atoms with Crippen LogP contribution in [0.3, 0.4) is 0 Å². The first kappa shape index (κ1) is 51.5. The van der Waals surface area contributed by atoms with Gasteiger partial charge in [-0.15, -0.1) is 0 Å². The Hall–Kier alpha value is -6.85. The summed E-state index contributed by atoms with van der Waals surface area (Å²) in [4.78, 5) is 56.9. The average Bonchev–Trinajstić information content (AvgIpc) is 4.27. The lowest BCUT2D eigenvalue weighted by molar-refractivity contribution is 0.0495. The summed E-state index contributed by atoms with van der Waals surface area (Å²) < 4.78 is 85.0. The van der Waals surface area contributed by atoms with E-state index >= 15 is 0 Å². The van der Waals surface area contributed by atoms with Crippen LogP contribution in [0.2, 0.25) is 0 Å². The van der Waals surface area contributed by atoms with Crippen LogP contribution in [-0.4, -0.2) is 60.7 Å². The number of benzene rings is 4. The molecule has 0 bridgehead atoms. The van der Waals surface area contributed by atoms with Gasteiger partial charge in [0.15, 0.2) is 25.5 Å². The number of aryl methyl sites for hydroxylation is 2. The minimum absolute atomic E-state index is 0.0490. The molecule has 0 saturated heterocycles. The number of fused-ring (bicyclic) bond motifs is 4. The van der Waals surface area contributed by atoms with Crippen LogP contribution in [0.25, 0.3) is 22.3 Å². The molecule has 2 fully saturated rings. The maximum Gasteiger partial charge on any atom is 0.408 e. The molecule has 2 aliphatic carbocycles. The zero-order chi connectivity index (χ0) is 52.1. The third kappa shape index (κ3) is 11.1.